The summed E-state index contributed by atoms with van der Waals surface area (Å²) in [5.41, 5.74) is 2.37. The van der Waals surface area contributed by atoms with E-state index < -0.39 is 0 Å². The molecule has 0 aliphatic heterocycles. The maximum Gasteiger partial charge on any atom is 0.119 e. The Balaban J connectivity index is 2.15. The largest absolute Gasteiger partial charge is 0.497 e. The molecule has 2 aromatic rings. The molecule has 0 aliphatic rings. The molecule has 4 nitrogen and oxygen atoms in total. The normalized spacial score (nSPS) is 12.3. The van der Waals surface area contributed by atoms with Gasteiger partial charge in [-0.3, -0.25) is 4.90 Å². The molecule has 27 heavy (non-hydrogen) atoms. The summed E-state index contributed by atoms with van der Waals surface area (Å²) in [6, 6.07) is 16.3. The van der Waals surface area contributed by atoms with Gasteiger partial charge in [-0.1, -0.05) is 46.3 Å². The minimum atomic E-state index is 0.0413. The second-order valence-corrected chi connectivity index (χ2v) is 7.59. The number of rotatable bonds is 12. The van der Waals surface area contributed by atoms with Crippen LogP contribution in [0.15, 0.2) is 53.0 Å². The number of ether oxygens (including phenoxy) is 1. The van der Waals surface area contributed by atoms with Crippen LogP contribution in [-0.4, -0.2) is 48.0 Å². The van der Waals surface area contributed by atoms with Crippen LogP contribution < -0.4 is 4.74 Å². The molecule has 0 radical (unpaired) electrons. The number of benzene rings is 2. The van der Waals surface area contributed by atoms with Gasteiger partial charge in [0.1, 0.15) is 5.75 Å². The van der Waals surface area contributed by atoms with Gasteiger partial charge in [0.2, 0.25) is 0 Å². The molecule has 2 aromatic carbocycles. The molecule has 0 spiro atoms. The van der Waals surface area contributed by atoms with Gasteiger partial charge in [-0.2, -0.15) is 0 Å². The van der Waals surface area contributed by atoms with Crippen LogP contribution in [0.2, 0.25) is 0 Å². The molecule has 0 aromatic heterocycles. The van der Waals surface area contributed by atoms with Crippen molar-refractivity contribution in [2.24, 2.45) is 0 Å². The minimum Gasteiger partial charge on any atom is -0.497 e. The van der Waals surface area contributed by atoms with Crippen LogP contribution in [0.4, 0.5) is 0 Å². The van der Waals surface area contributed by atoms with Crippen molar-refractivity contribution in [3.63, 3.8) is 0 Å². The van der Waals surface area contributed by atoms with Crippen LogP contribution in [0, 0.1) is 0 Å². The van der Waals surface area contributed by atoms with E-state index in [-0.39, 0.29) is 19.3 Å². The van der Waals surface area contributed by atoms with Crippen molar-refractivity contribution in [2.45, 2.75) is 38.3 Å². The van der Waals surface area contributed by atoms with E-state index in [0.717, 1.165) is 54.6 Å². The summed E-state index contributed by atoms with van der Waals surface area (Å²) < 4.78 is 6.41. The molecule has 0 saturated heterocycles. The predicted octanol–water partition coefficient (Wildman–Crippen LogP) is 4.03. The molecule has 0 aliphatic carbocycles. The fourth-order valence-electron chi connectivity index (χ4n) is 3.21. The number of aliphatic hydroxyl groups excluding tert-OH is 2. The lowest BCUT2D eigenvalue weighted by molar-refractivity contribution is 0.113. The van der Waals surface area contributed by atoms with E-state index in [1.165, 1.54) is 5.56 Å². The quantitative estimate of drug-likeness (QED) is 0.494. The highest BCUT2D eigenvalue weighted by Crippen LogP contribution is 2.25. The molecule has 148 valence electrons. The Labute approximate surface area is 170 Å². The summed E-state index contributed by atoms with van der Waals surface area (Å²) in [5.74, 6) is 0.831. The molecule has 5 heteroatoms. The van der Waals surface area contributed by atoms with Gasteiger partial charge in [0, 0.05) is 23.7 Å². The minimum absolute atomic E-state index is 0.0413. The van der Waals surface area contributed by atoms with Crippen LogP contribution in [0.3, 0.4) is 0 Å². The fraction of sp³-hybridized carbons (Fsp3) is 0.455. The topological polar surface area (TPSA) is 52.9 Å². The number of nitrogens with zero attached hydrogens (tertiary/aromatic N) is 1. The molecule has 0 bridgehead atoms. The highest BCUT2D eigenvalue weighted by molar-refractivity contribution is 9.10. The molecule has 0 saturated carbocycles. The first kappa shape index (κ1) is 21.9. The zero-order valence-electron chi connectivity index (χ0n) is 16.0. The van der Waals surface area contributed by atoms with Crippen molar-refractivity contribution < 1.29 is 14.9 Å². The Morgan fingerprint density at radius 1 is 1.04 bits per heavy atom. The van der Waals surface area contributed by atoms with E-state index in [0.29, 0.717) is 0 Å². The van der Waals surface area contributed by atoms with E-state index in [2.05, 4.69) is 33.0 Å². The van der Waals surface area contributed by atoms with Gasteiger partial charge in [0.15, 0.2) is 0 Å². The van der Waals surface area contributed by atoms with Crippen LogP contribution in [0.1, 0.15) is 30.4 Å². The van der Waals surface area contributed by atoms with E-state index in [1.807, 2.05) is 36.4 Å². The van der Waals surface area contributed by atoms with Crippen LogP contribution in [0.25, 0.3) is 0 Å². The van der Waals surface area contributed by atoms with Gasteiger partial charge in [-0.05, 0) is 61.6 Å². The number of hydrogen-bond acceptors (Lipinski definition) is 4. The molecule has 0 heterocycles. The SMILES string of the molecule is COc1ccc(Br)c(CN(CCCCCO)C(CO)Cc2ccccc2)c1. The third-order valence-corrected chi connectivity index (χ3v) is 5.54. The van der Waals surface area contributed by atoms with Gasteiger partial charge < -0.3 is 14.9 Å². The van der Waals surface area contributed by atoms with Gasteiger partial charge in [-0.25, -0.2) is 0 Å². The van der Waals surface area contributed by atoms with E-state index >= 15 is 0 Å². The smallest absolute Gasteiger partial charge is 0.119 e. The summed E-state index contributed by atoms with van der Waals surface area (Å²) in [5, 5.41) is 19.1. The predicted molar refractivity (Wildman–Crippen MR) is 113 cm³/mol. The lowest BCUT2D eigenvalue weighted by Gasteiger charge is -2.31. The number of methoxy groups -OCH3 is 1. The summed E-state index contributed by atoms with van der Waals surface area (Å²) in [4.78, 5) is 2.34. The first-order valence-corrected chi connectivity index (χ1v) is 10.3. The Morgan fingerprint density at radius 3 is 2.48 bits per heavy atom. The number of aliphatic hydroxyl groups is 2. The molecular formula is C22H30BrNO3. The Morgan fingerprint density at radius 2 is 1.81 bits per heavy atom. The lowest BCUT2D eigenvalue weighted by Crippen LogP contribution is -2.40. The molecule has 2 N–H and O–H groups in total. The highest BCUT2D eigenvalue weighted by Gasteiger charge is 2.19. The molecule has 1 atom stereocenters. The number of hydrogen-bond donors (Lipinski definition) is 2. The number of halogens is 1. The Bertz CT molecular complexity index is 666. The molecule has 1 unspecified atom stereocenters. The third kappa shape index (κ3) is 7.26. The average molecular weight is 436 g/mol. The monoisotopic (exact) mass is 435 g/mol. The van der Waals surface area contributed by atoms with Crippen molar-refractivity contribution >= 4 is 15.9 Å². The Hall–Kier alpha value is -1.40. The third-order valence-electron chi connectivity index (χ3n) is 4.77. The van der Waals surface area contributed by atoms with E-state index in [9.17, 15) is 5.11 Å². The zero-order chi connectivity index (χ0) is 19.5. The van der Waals surface area contributed by atoms with Crippen molar-refractivity contribution in [3.05, 3.63) is 64.1 Å². The fourth-order valence-corrected chi connectivity index (χ4v) is 3.58. The van der Waals surface area contributed by atoms with Crippen molar-refractivity contribution in [1.29, 1.82) is 0 Å². The highest BCUT2D eigenvalue weighted by atomic mass is 79.9. The molecular weight excluding hydrogens is 406 g/mol. The van der Waals surface area contributed by atoms with E-state index in [1.54, 1.807) is 7.11 Å². The first-order chi connectivity index (χ1) is 13.2. The first-order valence-electron chi connectivity index (χ1n) is 9.50. The maximum absolute atomic E-state index is 10.1. The summed E-state index contributed by atoms with van der Waals surface area (Å²) in [6.07, 6.45) is 3.60. The van der Waals surface area contributed by atoms with Gasteiger partial charge in [-0.15, -0.1) is 0 Å². The Kier molecular flexibility index (Phi) is 9.84. The van der Waals surface area contributed by atoms with Gasteiger partial charge in [0.05, 0.1) is 13.7 Å². The second kappa shape index (κ2) is 12.1. The van der Waals surface area contributed by atoms with Crippen LogP contribution >= 0.6 is 15.9 Å². The zero-order valence-corrected chi connectivity index (χ0v) is 17.6. The van der Waals surface area contributed by atoms with Gasteiger partial charge >= 0.3 is 0 Å². The van der Waals surface area contributed by atoms with Crippen molar-refractivity contribution in [3.8, 4) is 5.75 Å². The van der Waals surface area contributed by atoms with Gasteiger partial charge in [0.25, 0.3) is 0 Å². The number of unbranched alkanes of at least 4 members (excludes halogenated alkanes) is 2. The summed E-state index contributed by atoms with van der Waals surface area (Å²) >= 11 is 3.64. The lowest BCUT2D eigenvalue weighted by atomic mass is 10.0. The standard InChI is InChI=1S/C22H30BrNO3/c1-27-21-10-11-22(23)19(15-21)16-24(12-6-3-7-13-25)20(17-26)14-18-8-4-2-5-9-18/h2,4-5,8-11,15,20,25-26H,3,6-7,12-14,16-17H2,1H3. The average Bonchev–Trinajstić information content (AvgIpc) is 2.70. The molecule has 2 rings (SSSR count). The van der Waals surface area contributed by atoms with Crippen LogP contribution in [0.5, 0.6) is 5.75 Å². The summed E-state index contributed by atoms with van der Waals surface area (Å²) in [6.45, 7) is 1.95. The van der Waals surface area contributed by atoms with Crippen molar-refractivity contribution in [2.75, 3.05) is 26.9 Å². The van der Waals surface area contributed by atoms with Crippen molar-refractivity contribution in [1.82, 2.24) is 4.90 Å². The van der Waals surface area contributed by atoms with E-state index in [4.69, 9.17) is 9.84 Å². The maximum atomic E-state index is 10.1. The molecule has 0 fully saturated rings. The second-order valence-electron chi connectivity index (χ2n) is 6.74. The summed E-state index contributed by atoms with van der Waals surface area (Å²) in [7, 11) is 1.67. The molecule has 0 amide bonds. The van der Waals surface area contributed by atoms with Crippen LogP contribution in [-0.2, 0) is 13.0 Å².